The van der Waals surface area contributed by atoms with Crippen molar-refractivity contribution < 1.29 is 99.8 Å². The molecule has 9 rings (SSSR count). The summed E-state index contributed by atoms with van der Waals surface area (Å²) in [6.07, 6.45) is -20.0. The largest absolute Gasteiger partial charge is 0.566 e. The fourth-order valence-electron chi connectivity index (χ4n) is 9.49. The number of hydrogen-bond donors (Lipinski definition) is 1. The van der Waals surface area contributed by atoms with Crippen molar-refractivity contribution in [3.05, 3.63) is 251 Å². The van der Waals surface area contributed by atoms with E-state index in [1.807, 2.05) is 0 Å². The smallest absolute Gasteiger partial charge is 0.491 e. The Labute approximate surface area is 514 Å². The van der Waals surface area contributed by atoms with E-state index in [0.717, 1.165) is 0 Å². The molecule has 2 heterocycles. The minimum atomic E-state index is -3.87. The van der Waals surface area contributed by atoms with Crippen molar-refractivity contribution in [2.75, 3.05) is 32.8 Å². The Balaban J connectivity index is 0.00000138. The summed E-state index contributed by atoms with van der Waals surface area (Å²) in [5.74, 6) is -7.13. The van der Waals surface area contributed by atoms with Gasteiger partial charge in [0.25, 0.3) is 6.29 Å². The van der Waals surface area contributed by atoms with E-state index in [-0.39, 0.29) is 38.9 Å². The van der Waals surface area contributed by atoms with Crippen LogP contribution < -0.4 is 9.79 Å². The summed E-state index contributed by atoms with van der Waals surface area (Å²) in [6.45, 7) is 8.82. The van der Waals surface area contributed by atoms with Gasteiger partial charge in [-0.05, 0) is 110 Å². The molecule has 7 aromatic carbocycles. The van der Waals surface area contributed by atoms with Crippen LogP contribution in [0.25, 0.3) is 0 Å². The van der Waals surface area contributed by atoms with Gasteiger partial charge in [0, 0.05) is 0 Å². The monoisotopic (exact) mass is 1230 g/mol. The van der Waals surface area contributed by atoms with Crippen molar-refractivity contribution in [2.45, 2.75) is 82.2 Å². The van der Waals surface area contributed by atoms with E-state index in [0.29, 0.717) is 0 Å². The lowest BCUT2D eigenvalue weighted by molar-refractivity contribution is -0.894. The van der Waals surface area contributed by atoms with Crippen molar-refractivity contribution in [1.29, 1.82) is 0 Å². The van der Waals surface area contributed by atoms with Crippen molar-refractivity contribution in [2.24, 2.45) is 0 Å². The highest BCUT2D eigenvalue weighted by molar-refractivity contribution is 7.30. The lowest BCUT2D eigenvalue weighted by atomic mass is 9.95. The number of quaternary nitrogens is 1. The summed E-state index contributed by atoms with van der Waals surface area (Å²) in [5, 5.41) is 0. The zero-order valence-corrected chi connectivity index (χ0v) is 49.5. The standard InChI is InChI=1S/C61H49O20P.C6H15N/c62-53(38-22-8-1-9-23-38)71-36-45-47(75-55(64)40-26-12-3-13-27-40)49(76-56(65)41-28-14-4-15-29-41)51(78-58(67)43-32-18-6-19-33-43)60(73-45)80-48-46(37-72-54(63)39-24-10-2-11-25-39)74-61(81-82(69)70)52(79-59(68)44-34-20-7-21-35-44)50(48)77-57(66)42-30-16-5-17-31-42;1-4-7(5-2)6-3/h1-35,45-52,60-61H,36-37H2;4-6H2,1-3H3/p+1/t45-,46-,47+,48-,49+,50+,51-,52+,60+,61-;/m1./s1. The van der Waals surface area contributed by atoms with Crippen LogP contribution in [0.2, 0.25) is 0 Å². The fourth-order valence-corrected chi connectivity index (χ4v) is 9.83. The Morgan fingerprint density at radius 1 is 0.360 bits per heavy atom. The van der Waals surface area contributed by atoms with Gasteiger partial charge in [-0.25, -0.2) is 33.6 Å². The summed E-state index contributed by atoms with van der Waals surface area (Å²) in [6, 6.07) is 53.0. The molecule has 2 saturated heterocycles. The van der Waals surface area contributed by atoms with Crippen LogP contribution in [0.1, 0.15) is 93.3 Å². The average molecular weight is 1240 g/mol. The summed E-state index contributed by atoms with van der Waals surface area (Å²) in [4.78, 5) is 114. The summed E-state index contributed by atoms with van der Waals surface area (Å²) in [5.41, 5.74) is -0.0494. The zero-order valence-electron chi connectivity index (χ0n) is 48.6. The fraction of sp³-hybridized carbons (Fsp3) is 0.269. The predicted molar refractivity (Wildman–Crippen MR) is 315 cm³/mol. The lowest BCUT2D eigenvalue weighted by Gasteiger charge is -2.48. The Hall–Kier alpha value is -9.31. The topological polar surface area (TPSA) is 266 Å². The van der Waals surface area contributed by atoms with Crippen LogP contribution in [0.3, 0.4) is 0 Å². The van der Waals surface area contributed by atoms with Crippen LogP contribution in [0.5, 0.6) is 0 Å². The molecule has 0 aromatic heterocycles. The second-order valence-corrected chi connectivity index (χ2v) is 20.6. The van der Waals surface area contributed by atoms with E-state index < -0.39 is 125 Å². The van der Waals surface area contributed by atoms with Crippen LogP contribution in [0.15, 0.2) is 212 Å². The molecule has 0 radical (unpaired) electrons. The molecule has 11 atom stereocenters. The predicted octanol–water partition coefficient (Wildman–Crippen LogP) is 7.63. The molecule has 7 aromatic rings. The van der Waals surface area contributed by atoms with Gasteiger partial charge < -0.3 is 57.2 Å². The molecule has 21 nitrogen and oxygen atoms in total. The highest BCUT2D eigenvalue weighted by Crippen LogP contribution is 2.38. The van der Waals surface area contributed by atoms with E-state index in [4.69, 9.17) is 51.9 Å². The number of carbonyl (C=O) groups is 7. The van der Waals surface area contributed by atoms with Gasteiger partial charge in [-0.2, -0.15) is 0 Å². The van der Waals surface area contributed by atoms with E-state index in [1.165, 1.54) is 141 Å². The van der Waals surface area contributed by atoms with Gasteiger partial charge in [-0.1, -0.05) is 127 Å². The lowest BCUT2D eigenvalue weighted by Crippen LogP contribution is -3.11. The SMILES string of the molecule is CC[NH+](CC)CC.O=C(OC[C@H]1O[C@@H](O[C@H]2[C@H](OC(=O)c3ccccc3)[C@H](OC(=O)c3ccccc3)[C@@H](O[P+](=O)[O-])O[C@@H]2COC(=O)c2ccccc2)[C@H](OC(=O)c2ccccc2)[C@@H](OC(=O)c2ccccc2)[C@H]1OC(=O)c1ccccc1)c1ccccc1. The van der Waals surface area contributed by atoms with Crippen LogP contribution in [0, 0.1) is 0 Å². The molecular weight excluding hydrogens is 1170 g/mol. The molecule has 89 heavy (non-hydrogen) atoms. The molecule has 22 heteroatoms. The van der Waals surface area contributed by atoms with Crippen LogP contribution >= 0.6 is 8.25 Å². The third-order valence-electron chi connectivity index (χ3n) is 14.2. The van der Waals surface area contributed by atoms with Crippen molar-refractivity contribution >= 4 is 50.0 Å². The number of hydrogen-bond acceptors (Lipinski definition) is 20. The maximum atomic E-state index is 14.5. The van der Waals surface area contributed by atoms with E-state index in [1.54, 1.807) is 95.9 Å². The van der Waals surface area contributed by atoms with Crippen LogP contribution in [0.4, 0.5) is 0 Å². The van der Waals surface area contributed by atoms with Gasteiger partial charge in [-0.15, -0.1) is 4.52 Å². The third kappa shape index (κ3) is 18.4. The number of nitrogens with one attached hydrogen (secondary N) is 1. The Morgan fingerprint density at radius 2 is 0.607 bits per heavy atom. The summed E-state index contributed by atoms with van der Waals surface area (Å²) in [7, 11) is -3.87. The number of carbonyl (C=O) groups excluding carboxylic acids is 7. The Bertz CT molecular complexity index is 3420. The molecule has 2 fully saturated rings. The molecule has 1 unspecified atom stereocenters. The molecule has 0 aliphatic carbocycles. The maximum Gasteiger partial charge on any atom is 0.491 e. The number of benzene rings is 7. The molecule has 2 aliphatic rings. The number of esters is 7. The average Bonchev–Trinajstić information content (AvgIpc) is 1.16. The molecule has 462 valence electrons. The second kappa shape index (κ2) is 33.2. The van der Waals surface area contributed by atoms with E-state index in [9.17, 15) is 43.0 Å². The van der Waals surface area contributed by atoms with Gasteiger partial charge in [0.2, 0.25) is 0 Å². The third-order valence-corrected chi connectivity index (χ3v) is 14.6. The first-order valence-corrected chi connectivity index (χ1v) is 29.7. The maximum absolute atomic E-state index is 14.5. The molecular formula is C67H65NO20P+. The number of ether oxygens (including phenoxy) is 10. The minimum absolute atomic E-state index is 0.00915. The molecule has 0 spiro atoms. The van der Waals surface area contributed by atoms with E-state index in [2.05, 4.69) is 20.8 Å². The molecule has 0 amide bonds. The minimum Gasteiger partial charge on any atom is -0.566 e. The zero-order chi connectivity index (χ0) is 63.1. The van der Waals surface area contributed by atoms with Crippen molar-refractivity contribution in [3.63, 3.8) is 0 Å². The first kappa shape index (κ1) is 65.7. The molecule has 0 saturated carbocycles. The van der Waals surface area contributed by atoms with Crippen LogP contribution in [-0.2, 0) is 56.5 Å². The summed E-state index contributed by atoms with van der Waals surface area (Å²) >= 11 is 0. The first-order chi connectivity index (χ1) is 43.2. The molecule has 0 bridgehead atoms. The Morgan fingerprint density at radius 3 is 0.899 bits per heavy atom. The van der Waals surface area contributed by atoms with Crippen LogP contribution in [-0.4, -0.2) is 136 Å². The highest BCUT2D eigenvalue weighted by atomic mass is 31.1. The van der Waals surface area contributed by atoms with Crippen molar-refractivity contribution in [1.82, 2.24) is 0 Å². The van der Waals surface area contributed by atoms with E-state index >= 15 is 0 Å². The molecule has 1 N–H and O–H groups in total. The highest BCUT2D eigenvalue weighted by Gasteiger charge is 2.59. The van der Waals surface area contributed by atoms with Gasteiger partial charge in [-0.3, -0.25) is 0 Å². The quantitative estimate of drug-likeness (QED) is 0.0366. The normalized spacial score (nSPS) is 21.2. The summed E-state index contributed by atoms with van der Waals surface area (Å²) < 4.78 is 80.1. The Kier molecular flexibility index (Phi) is 24.5. The van der Waals surface area contributed by atoms with Crippen molar-refractivity contribution in [3.8, 4) is 0 Å². The van der Waals surface area contributed by atoms with Gasteiger partial charge >= 0.3 is 50.0 Å². The van der Waals surface area contributed by atoms with Gasteiger partial charge in [0.1, 0.15) is 31.5 Å². The van der Waals surface area contributed by atoms with Gasteiger partial charge in [0.05, 0.1) is 58.6 Å². The van der Waals surface area contributed by atoms with Gasteiger partial charge in [0.15, 0.2) is 36.8 Å². The molecule has 2 aliphatic heterocycles. The first-order valence-electron chi connectivity index (χ1n) is 28.6. The number of rotatable bonds is 23. The second-order valence-electron chi connectivity index (χ2n) is 19.9.